The van der Waals surface area contributed by atoms with Crippen LogP contribution in [0, 0.1) is 0 Å². The average molecular weight is 421 g/mol. The van der Waals surface area contributed by atoms with Crippen molar-refractivity contribution in [2.75, 3.05) is 39.9 Å². The van der Waals surface area contributed by atoms with Crippen molar-refractivity contribution < 1.29 is 23.8 Å². The zero-order chi connectivity index (χ0) is 22.2. The molecule has 0 radical (unpaired) electrons. The zero-order valence-electron chi connectivity index (χ0n) is 19.0. The molecular formula is C23H36N2O5. The highest BCUT2D eigenvalue weighted by Gasteiger charge is 2.49. The van der Waals surface area contributed by atoms with Crippen LogP contribution in [0.15, 0.2) is 30.3 Å². The molecule has 2 rings (SSSR count). The van der Waals surface area contributed by atoms with Gasteiger partial charge in [-0.2, -0.15) is 0 Å². The van der Waals surface area contributed by atoms with E-state index in [9.17, 15) is 9.59 Å². The number of carbonyl (C=O) groups excluding carboxylic acids is 2. The van der Waals surface area contributed by atoms with Gasteiger partial charge in [-0.3, -0.25) is 4.90 Å². The van der Waals surface area contributed by atoms with E-state index >= 15 is 0 Å². The van der Waals surface area contributed by atoms with Gasteiger partial charge in [-0.1, -0.05) is 30.3 Å². The minimum Gasteiger partial charge on any atom is -0.465 e. The highest BCUT2D eigenvalue weighted by Crippen LogP contribution is 2.31. The molecule has 7 heteroatoms. The van der Waals surface area contributed by atoms with E-state index in [0.717, 1.165) is 18.5 Å². The number of ether oxygens (including phenoxy) is 3. The number of likely N-dealkylation sites (tertiary alicyclic amines) is 1. The van der Waals surface area contributed by atoms with Gasteiger partial charge < -0.3 is 19.1 Å². The first-order valence-electron chi connectivity index (χ1n) is 10.7. The predicted octanol–water partition coefficient (Wildman–Crippen LogP) is 3.47. The molecule has 7 nitrogen and oxygen atoms in total. The summed E-state index contributed by atoms with van der Waals surface area (Å²) in [5.41, 5.74) is -0.302. The second kappa shape index (κ2) is 10.8. The van der Waals surface area contributed by atoms with Crippen LogP contribution in [-0.2, 0) is 25.6 Å². The quantitative estimate of drug-likeness (QED) is 0.570. The minimum absolute atomic E-state index is 0.254. The van der Waals surface area contributed by atoms with Crippen LogP contribution in [0.2, 0.25) is 0 Å². The lowest BCUT2D eigenvalue weighted by molar-refractivity contribution is -0.161. The van der Waals surface area contributed by atoms with Crippen molar-refractivity contribution in [3.63, 3.8) is 0 Å². The second-order valence-corrected chi connectivity index (χ2v) is 8.72. The molecule has 1 aromatic carbocycles. The number of hydrogen-bond donors (Lipinski definition) is 0. The number of carbonyl (C=O) groups is 2. The van der Waals surface area contributed by atoms with Gasteiger partial charge in [0, 0.05) is 20.1 Å². The zero-order valence-corrected chi connectivity index (χ0v) is 19.0. The number of likely N-dealkylation sites (N-methyl/N-ethyl adjacent to an activating group) is 1. The third-order valence-corrected chi connectivity index (χ3v) is 5.14. The molecule has 30 heavy (non-hydrogen) atoms. The first-order chi connectivity index (χ1) is 14.2. The van der Waals surface area contributed by atoms with Gasteiger partial charge in [-0.15, -0.1) is 0 Å². The van der Waals surface area contributed by atoms with Crippen molar-refractivity contribution in [2.45, 2.75) is 58.3 Å². The molecule has 1 aliphatic rings. The Balaban J connectivity index is 2.02. The van der Waals surface area contributed by atoms with Crippen molar-refractivity contribution in [2.24, 2.45) is 0 Å². The minimum atomic E-state index is -0.820. The molecule has 1 fully saturated rings. The Morgan fingerprint density at radius 3 is 2.53 bits per heavy atom. The number of amides is 1. The van der Waals surface area contributed by atoms with E-state index in [1.807, 2.05) is 58.0 Å². The van der Waals surface area contributed by atoms with Crippen LogP contribution < -0.4 is 0 Å². The van der Waals surface area contributed by atoms with E-state index < -0.39 is 11.1 Å². The molecule has 1 saturated heterocycles. The van der Waals surface area contributed by atoms with E-state index in [0.29, 0.717) is 32.7 Å². The van der Waals surface area contributed by atoms with Crippen LogP contribution in [0.5, 0.6) is 0 Å². The van der Waals surface area contributed by atoms with E-state index in [1.165, 1.54) is 0 Å². The van der Waals surface area contributed by atoms with Gasteiger partial charge in [-0.25, -0.2) is 9.59 Å². The van der Waals surface area contributed by atoms with Gasteiger partial charge in [0.2, 0.25) is 0 Å². The van der Waals surface area contributed by atoms with Crippen molar-refractivity contribution in [3.05, 3.63) is 35.9 Å². The fourth-order valence-corrected chi connectivity index (χ4v) is 3.59. The summed E-state index contributed by atoms with van der Waals surface area (Å²) in [5.74, 6) is -0.254. The van der Waals surface area contributed by atoms with E-state index in [-0.39, 0.29) is 18.7 Å². The smallest absolute Gasteiger partial charge is 0.410 e. The molecule has 0 aromatic heterocycles. The van der Waals surface area contributed by atoms with Gasteiger partial charge in [0.1, 0.15) is 11.1 Å². The summed E-state index contributed by atoms with van der Waals surface area (Å²) in [5, 5.41) is 0. The maximum atomic E-state index is 12.9. The Morgan fingerprint density at radius 2 is 1.90 bits per heavy atom. The predicted molar refractivity (Wildman–Crippen MR) is 115 cm³/mol. The Labute approximate surface area is 180 Å². The topological polar surface area (TPSA) is 68.3 Å². The molecule has 0 bridgehead atoms. The molecule has 1 aromatic rings. The third-order valence-electron chi connectivity index (χ3n) is 5.14. The van der Waals surface area contributed by atoms with E-state index in [1.54, 1.807) is 11.9 Å². The SMILES string of the molecule is CCOC(=O)C1(COCc2ccccc2)CCCN1CCN(C)C(=O)OC(C)(C)C. The Morgan fingerprint density at radius 1 is 1.20 bits per heavy atom. The van der Waals surface area contributed by atoms with Crippen molar-refractivity contribution in [1.29, 1.82) is 0 Å². The Kier molecular flexibility index (Phi) is 8.67. The number of esters is 1. The monoisotopic (exact) mass is 420 g/mol. The number of rotatable bonds is 9. The third kappa shape index (κ3) is 6.71. The molecule has 1 unspecified atom stereocenters. The highest BCUT2D eigenvalue weighted by atomic mass is 16.6. The van der Waals surface area contributed by atoms with Gasteiger partial charge in [-0.05, 0) is 52.6 Å². The van der Waals surface area contributed by atoms with Crippen LogP contribution in [-0.4, -0.2) is 72.9 Å². The summed E-state index contributed by atoms with van der Waals surface area (Å²) in [6, 6.07) is 9.89. The Bertz CT molecular complexity index is 689. The fourth-order valence-electron chi connectivity index (χ4n) is 3.59. The lowest BCUT2D eigenvalue weighted by Crippen LogP contribution is -2.56. The van der Waals surface area contributed by atoms with Crippen LogP contribution in [0.1, 0.15) is 46.1 Å². The second-order valence-electron chi connectivity index (χ2n) is 8.72. The summed E-state index contributed by atoms with van der Waals surface area (Å²) in [6.45, 7) is 10.1. The molecule has 1 aliphatic heterocycles. The average Bonchev–Trinajstić information content (AvgIpc) is 3.09. The van der Waals surface area contributed by atoms with Gasteiger partial charge >= 0.3 is 12.1 Å². The number of hydrogen-bond acceptors (Lipinski definition) is 6. The van der Waals surface area contributed by atoms with Gasteiger partial charge in [0.15, 0.2) is 0 Å². The molecule has 0 spiro atoms. The van der Waals surface area contributed by atoms with Crippen molar-refractivity contribution in [3.8, 4) is 0 Å². The largest absolute Gasteiger partial charge is 0.465 e. The van der Waals surface area contributed by atoms with Crippen molar-refractivity contribution in [1.82, 2.24) is 9.80 Å². The summed E-state index contributed by atoms with van der Waals surface area (Å²) in [6.07, 6.45) is 1.18. The maximum absolute atomic E-state index is 12.9. The first-order valence-corrected chi connectivity index (χ1v) is 10.7. The van der Waals surface area contributed by atoms with E-state index in [2.05, 4.69) is 4.90 Å². The van der Waals surface area contributed by atoms with Crippen LogP contribution >= 0.6 is 0 Å². The lowest BCUT2D eigenvalue weighted by atomic mass is 9.97. The van der Waals surface area contributed by atoms with E-state index in [4.69, 9.17) is 14.2 Å². The molecule has 1 atom stereocenters. The molecule has 1 heterocycles. The fraction of sp³-hybridized carbons (Fsp3) is 0.652. The van der Waals surface area contributed by atoms with Gasteiger partial charge in [0.05, 0.1) is 19.8 Å². The normalized spacial score (nSPS) is 19.5. The number of benzene rings is 1. The molecule has 168 valence electrons. The lowest BCUT2D eigenvalue weighted by Gasteiger charge is -2.37. The Hall–Kier alpha value is -2.12. The molecule has 0 saturated carbocycles. The first kappa shape index (κ1) is 24.2. The maximum Gasteiger partial charge on any atom is 0.410 e. The van der Waals surface area contributed by atoms with Crippen LogP contribution in [0.25, 0.3) is 0 Å². The summed E-state index contributed by atoms with van der Waals surface area (Å²) >= 11 is 0. The summed E-state index contributed by atoms with van der Waals surface area (Å²) < 4.78 is 16.8. The summed E-state index contributed by atoms with van der Waals surface area (Å²) in [4.78, 5) is 28.8. The van der Waals surface area contributed by atoms with Gasteiger partial charge in [0.25, 0.3) is 0 Å². The van der Waals surface area contributed by atoms with Crippen molar-refractivity contribution >= 4 is 12.1 Å². The molecular weight excluding hydrogens is 384 g/mol. The van der Waals surface area contributed by atoms with Crippen LogP contribution in [0.3, 0.4) is 0 Å². The highest BCUT2D eigenvalue weighted by molar-refractivity contribution is 5.81. The number of nitrogens with zero attached hydrogens (tertiary/aromatic N) is 2. The molecule has 0 N–H and O–H groups in total. The molecule has 0 aliphatic carbocycles. The summed E-state index contributed by atoms with van der Waals surface area (Å²) in [7, 11) is 1.71. The van der Waals surface area contributed by atoms with Crippen LogP contribution in [0.4, 0.5) is 4.79 Å². The standard InChI is InChI=1S/C23H36N2O5/c1-6-29-20(26)23(18-28-17-19-11-8-7-9-12-19)13-10-14-25(23)16-15-24(5)21(27)30-22(2,3)4/h7-9,11-12H,6,10,13-18H2,1-5H3. The molecule has 1 amide bonds.